The molecule has 168 valence electrons. The standard InChI is InChI=1S/C24H29F2NO3S/c1-18-20(8-4-5-14-27-15-13-24(25,26)17-27)9-6-11-22(18)23-12-7-10-21(19(23)2)16-31(28,29)30-3/h4,6-12H,5,13-17H2,1-3H3. The van der Waals surface area contributed by atoms with E-state index in [1.165, 1.54) is 7.11 Å². The molecular weight excluding hydrogens is 420 g/mol. The molecule has 0 aliphatic carbocycles. The first kappa shape index (κ1) is 23.6. The molecule has 4 nitrogen and oxygen atoms in total. The summed E-state index contributed by atoms with van der Waals surface area (Å²) in [5, 5.41) is 0. The highest BCUT2D eigenvalue weighted by molar-refractivity contribution is 7.85. The Bertz CT molecular complexity index is 1060. The van der Waals surface area contributed by atoms with E-state index in [-0.39, 0.29) is 18.7 Å². The third kappa shape index (κ3) is 5.99. The Morgan fingerprint density at radius 1 is 1.10 bits per heavy atom. The fourth-order valence-electron chi connectivity index (χ4n) is 3.97. The number of likely N-dealkylation sites (tertiary alicyclic amines) is 1. The van der Waals surface area contributed by atoms with Crippen LogP contribution < -0.4 is 0 Å². The SMILES string of the molecule is COS(=O)(=O)Cc1cccc(-c2cccc(C=CCCN3CCC(F)(F)C3)c2C)c1C. The Morgan fingerprint density at radius 3 is 2.42 bits per heavy atom. The molecule has 7 heteroatoms. The van der Waals surface area contributed by atoms with Crippen molar-refractivity contribution in [2.24, 2.45) is 0 Å². The predicted molar refractivity (Wildman–Crippen MR) is 121 cm³/mol. The summed E-state index contributed by atoms with van der Waals surface area (Å²) in [6, 6.07) is 11.7. The van der Waals surface area contributed by atoms with Crippen LogP contribution in [0.4, 0.5) is 8.78 Å². The first-order valence-electron chi connectivity index (χ1n) is 10.4. The molecule has 1 fully saturated rings. The van der Waals surface area contributed by atoms with Crippen molar-refractivity contribution in [3.63, 3.8) is 0 Å². The van der Waals surface area contributed by atoms with E-state index in [1.807, 2.05) is 56.3 Å². The highest BCUT2D eigenvalue weighted by Gasteiger charge is 2.37. The van der Waals surface area contributed by atoms with Gasteiger partial charge >= 0.3 is 0 Å². The number of hydrogen-bond donors (Lipinski definition) is 0. The van der Waals surface area contributed by atoms with E-state index in [9.17, 15) is 17.2 Å². The van der Waals surface area contributed by atoms with Gasteiger partial charge < -0.3 is 0 Å². The van der Waals surface area contributed by atoms with Gasteiger partial charge in [0.1, 0.15) is 5.75 Å². The molecule has 2 aromatic rings. The van der Waals surface area contributed by atoms with Crippen LogP contribution in [0.15, 0.2) is 42.5 Å². The highest BCUT2D eigenvalue weighted by atomic mass is 32.2. The van der Waals surface area contributed by atoms with Gasteiger partial charge in [-0.15, -0.1) is 0 Å². The molecule has 0 unspecified atom stereocenters. The lowest BCUT2D eigenvalue weighted by Crippen LogP contribution is -2.25. The Kier molecular flexibility index (Phi) is 7.29. The smallest absolute Gasteiger partial charge is 0.271 e. The summed E-state index contributed by atoms with van der Waals surface area (Å²) >= 11 is 0. The second kappa shape index (κ2) is 9.59. The van der Waals surface area contributed by atoms with Gasteiger partial charge in [-0.3, -0.25) is 9.08 Å². The molecule has 0 radical (unpaired) electrons. The fraction of sp³-hybridized carbons (Fsp3) is 0.417. The number of nitrogens with zero attached hydrogens (tertiary/aromatic N) is 1. The molecule has 3 rings (SSSR count). The van der Waals surface area contributed by atoms with Gasteiger partial charge in [0.05, 0.1) is 13.7 Å². The topological polar surface area (TPSA) is 46.6 Å². The Labute approximate surface area is 183 Å². The summed E-state index contributed by atoms with van der Waals surface area (Å²) < 4.78 is 55.0. The molecule has 1 saturated heterocycles. The van der Waals surface area contributed by atoms with E-state index in [1.54, 1.807) is 11.0 Å². The summed E-state index contributed by atoms with van der Waals surface area (Å²) in [6.07, 6.45) is 4.71. The number of benzene rings is 2. The number of hydrogen-bond acceptors (Lipinski definition) is 4. The van der Waals surface area contributed by atoms with Gasteiger partial charge in [-0.1, -0.05) is 48.6 Å². The predicted octanol–water partition coefficient (Wildman–Crippen LogP) is 5.19. The minimum atomic E-state index is -3.60. The monoisotopic (exact) mass is 449 g/mol. The molecule has 1 heterocycles. The van der Waals surface area contributed by atoms with Crippen molar-refractivity contribution in [2.75, 3.05) is 26.7 Å². The molecule has 0 spiro atoms. The van der Waals surface area contributed by atoms with Gasteiger partial charge in [-0.05, 0) is 53.6 Å². The van der Waals surface area contributed by atoms with Crippen LogP contribution in [-0.4, -0.2) is 46.0 Å². The maximum atomic E-state index is 13.3. The van der Waals surface area contributed by atoms with Crippen molar-refractivity contribution in [1.82, 2.24) is 4.90 Å². The minimum Gasteiger partial charge on any atom is -0.297 e. The lowest BCUT2D eigenvalue weighted by Gasteiger charge is -2.15. The fourth-order valence-corrected chi connectivity index (χ4v) is 4.78. The molecule has 1 aliphatic rings. The third-order valence-corrected chi connectivity index (χ3v) is 7.03. The molecule has 31 heavy (non-hydrogen) atoms. The lowest BCUT2D eigenvalue weighted by molar-refractivity contribution is 0.0124. The van der Waals surface area contributed by atoms with Crippen molar-refractivity contribution in [1.29, 1.82) is 0 Å². The maximum absolute atomic E-state index is 13.3. The zero-order chi connectivity index (χ0) is 22.6. The number of alkyl halides is 2. The lowest BCUT2D eigenvalue weighted by atomic mass is 9.91. The van der Waals surface area contributed by atoms with Crippen molar-refractivity contribution >= 4 is 16.2 Å². The van der Waals surface area contributed by atoms with Gasteiger partial charge in [-0.2, -0.15) is 8.42 Å². The first-order valence-corrected chi connectivity index (χ1v) is 11.9. The van der Waals surface area contributed by atoms with Gasteiger partial charge in [0.2, 0.25) is 0 Å². The number of rotatable bonds is 8. The van der Waals surface area contributed by atoms with Crippen molar-refractivity contribution < 1.29 is 21.4 Å². The average Bonchev–Trinajstić information content (AvgIpc) is 3.07. The van der Waals surface area contributed by atoms with Crippen LogP contribution in [0.5, 0.6) is 0 Å². The van der Waals surface area contributed by atoms with E-state index in [2.05, 4.69) is 4.18 Å². The van der Waals surface area contributed by atoms with Crippen LogP contribution in [-0.2, 0) is 20.1 Å². The van der Waals surface area contributed by atoms with E-state index in [0.29, 0.717) is 25.1 Å². The van der Waals surface area contributed by atoms with Gasteiger partial charge in [-0.25, -0.2) is 8.78 Å². The second-order valence-electron chi connectivity index (χ2n) is 8.05. The molecule has 0 amide bonds. The molecule has 0 N–H and O–H groups in total. The molecule has 2 aromatic carbocycles. The van der Waals surface area contributed by atoms with Crippen molar-refractivity contribution in [3.8, 4) is 11.1 Å². The Morgan fingerprint density at radius 2 is 1.77 bits per heavy atom. The van der Waals surface area contributed by atoms with Crippen LogP contribution in [0.25, 0.3) is 17.2 Å². The van der Waals surface area contributed by atoms with Gasteiger partial charge in [0, 0.05) is 19.5 Å². The zero-order valence-electron chi connectivity index (χ0n) is 18.2. The van der Waals surface area contributed by atoms with Crippen LogP contribution in [0.3, 0.4) is 0 Å². The molecular formula is C24H29F2NO3S. The molecule has 1 aliphatic heterocycles. The quantitative estimate of drug-likeness (QED) is 0.521. The van der Waals surface area contributed by atoms with Gasteiger partial charge in [0.25, 0.3) is 16.0 Å². The average molecular weight is 450 g/mol. The van der Waals surface area contributed by atoms with Gasteiger partial charge in [0.15, 0.2) is 0 Å². The molecule has 0 aromatic heterocycles. The van der Waals surface area contributed by atoms with Crippen molar-refractivity contribution in [3.05, 3.63) is 64.7 Å². The normalized spacial score (nSPS) is 16.9. The van der Waals surface area contributed by atoms with E-state index >= 15 is 0 Å². The van der Waals surface area contributed by atoms with Crippen LogP contribution >= 0.6 is 0 Å². The van der Waals surface area contributed by atoms with Crippen LogP contribution in [0.2, 0.25) is 0 Å². The van der Waals surface area contributed by atoms with E-state index in [4.69, 9.17) is 0 Å². The Hall–Kier alpha value is -2.09. The summed E-state index contributed by atoms with van der Waals surface area (Å²) in [7, 11) is -2.43. The highest BCUT2D eigenvalue weighted by Crippen LogP contribution is 2.31. The summed E-state index contributed by atoms with van der Waals surface area (Å²) in [4.78, 5) is 1.80. The molecule has 0 bridgehead atoms. The summed E-state index contributed by atoms with van der Waals surface area (Å²) in [5.74, 6) is -2.72. The van der Waals surface area contributed by atoms with Crippen molar-refractivity contribution in [2.45, 2.75) is 38.4 Å². The number of halogens is 2. The largest absolute Gasteiger partial charge is 0.297 e. The van der Waals surface area contributed by atoms with E-state index < -0.39 is 16.0 Å². The first-order chi connectivity index (χ1) is 14.6. The zero-order valence-corrected chi connectivity index (χ0v) is 19.0. The summed E-state index contributed by atoms with van der Waals surface area (Å²) in [6.45, 7) is 4.88. The minimum absolute atomic E-state index is 0.0536. The Balaban J connectivity index is 1.77. The third-order valence-electron chi connectivity index (χ3n) is 5.86. The second-order valence-corrected chi connectivity index (χ2v) is 9.79. The molecule has 0 saturated carbocycles. The summed E-state index contributed by atoms with van der Waals surface area (Å²) in [5.41, 5.74) is 5.77. The maximum Gasteiger partial charge on any atom is 0.271 e. The van der Waals surface area contributed by atoms with Crippen LogP contribution in [0, 0.1) is 13.8 Å². The molecule has 0 atom stereocenters. The van der Waals surface area contributed by atoms with Crippen LogP contribution in [0.1, 0.15) is 35.1 Å². The van der Waals surface area contributed by atoms with E-state index in [0.717, 1.165) is 27.8 Å².